The van der Waals surface area contributed by atoms with Crippen LogP contribution < -0.4 is 15.4 Å². The summed E-state index contributed by atoms with van der Waals surface area (Å²) >= 11 is 6.01. The summed E-state index contributed by atoms with van der Waals surface area (Å²) in [6.45, 7) is 1.89. The Morgan fingerprint density at radius 2 is 1.85 bits per heavy atom. The van der Waals surface area contributed by atoms with Gasteiger partial charge in [0.2, 0.25) is 11.6 Å². The fraction of sp³-hybridized carbons (Fsp3) is 0.118. The Morgan fingerprint density at radius 3 is 2.48 bits per heavy atom. The fourth-order valence-corrected chi connectivity index (χ4v) is 2.48. The molecule has 0 saturated heterocycles. The molecule has 2 aromatic heterocycles. The lowest BCUT2D eigenvalue weighted by Gasteiger charge is -2.12. The molecule has 27 heavy (non-hydrogen) atoms. The van der Waals surface area contributed by atoms with Crippen LogP contribution >= 0.6 is 11.6 Å². The van der Waals surface area contributed by atoms with Gasteiger partial charge >= 0.3 is 5.69 Å². The second-order valence-corrected chi connectivity index (χ2v) is 5.93. The Balaban J connectivity index is 2.00. The highest BCUT2D eigenvalue weighted by Crippen LogP contribution is 2.36. The minimum absolute atomic E-state index is 0.00909. The van der Waals surface area contributed by atoms with Crippen molar-refractivity contribution < 1.29 is 9.66 Å². The number of nitrogens with one attached hydrogen (secondary N) is 2. The fourth-order valence-electron chi connectivity index (χ4n) is 2.30. The smallest absolute Gasteiger partial charge is 0.353 e. The van der Waals surface area contributed by atoms with Gasteiger partial charge in [0, 0.05) is 11.2 Å². The van der Waals surface area contributed by atoms with Gasteiger partial charge in [-0.15, -0.1) is 0 Å². The topological polar surface area (TPSA) is 115 Å². The number of ether oxygens (including phenoxy) is 1. The van der Waals surface area contributed by atoms with Gasteiger partial charge in [-0.25, -0.2) is 15.0 Å². The van der Waals surface area contributed by atoms with E-state index in [1.165, 1.54) is 13.4 Å². The van der Waals surface area contributed by atoms with Crippen LogP contribution in [-0.2, 0) is 0 Å². The Kier molecular flexibility index (Phi) is 5.32. The Bertz CT molecular complexity index is 981. The van der Waals surface area contributed by atoms with E-state index < -0.39 is 4.92 Å². The van der Waals surface area contributed by atoms with Gasteiger partial charge in [-0.1, -0.05) is 17.7 Å². The van der Waals surface area contributed by atoms with Crippen molar-refractivity contribution in [3.05, 3.63) is 63.6 Å². The molecular formula is C17H15ClN6O3. The molecule has 0 bridgehead atoms. The van der Waals surface area contributed by atoms with E-state index in [4.69, 9.17) is 16.3 Å². The summed E-state index contributed by atoms with van der Waals surface area (Å²) < 4.78 is 5.25. The normalized spacial score (nSPS) is 10.3. The first-order valence-corrected chi connectivity index (χ1v) is 8.15. The van der Waals surface area contributed by atoms with Crippen molar-refractivity contribution in [3.8, 4) is 5.75 Å². The van der Waals surface area contributed by atoms with E-state index in [9.17, 15) is 10.1 Å². The molecule has 10 heteroatoms. The summed E-state index contributed by atoms with van der Waals surface area (Å²) in [5.41, 5.74) is 1.07. The van der Waals surface area contributed by atoms with Crippen LogP contribution in [0.4, 0.5) is 28.8 Å². The first-order chi connectivity index (χ1) is 13.0. The van der Waals surface area contributed by atoms with Crippen LogP contribution in [-0.4, -0.2) is 27.0 Å². The molecule has 0 saturated carbocycles. The third kappa shape index (κ3) is 4.21. The third-order valence-electron chi connectivity index (χ3n) is 3.58. The molecule has 3 rings (SSSR count). The number of methoxy groups -OCH3 is 1. The van der Waals surface area contributed by atoms with Crippen LogP contribution in [0.2, 0.25) is 5.02 Å². The van der Waals surface area contributed by atoms with Gasteiger partial charge in [0.05, 0.1) is 17.7 Å². The highest BCUT2D eigenvalue weighted by Gasteiger charge is 2.24. The Labute approximate surface area is 159 Å². The number of halogens is 1. The van der Waals surface area contributed by atoms with Crippen LogP contribution in [0.1, 0.15) is 5.56 Å². The number of nitrogens with zero attached hydrogens (tertiary/aromatic N) is 4. The molecule has 0 atom stereocenters. The van der Waals surface area contributed by atoms with E-state index in [1.807, 2.05) is 13.0 Å². The van der Waals surface area contributed by atoms with E-state index in [0.29, 0.717) is 22.3 Å². The molecule has 1 aromatic carbocycles. The third-order valence-corrected chi connectivity index (χ3v) is 3.81. The first kappa shape index (κ1) is 18.3. The zero-order valence-corrected chi connectivity index (χ0v) is 15.2. The highest BCUT2D eigenvalue weighted by atomic mass is 35.5. The number of benzene rings is 1. The van der Waals surface area contributed by atoms with Gasteiger partial charge in [-0.3, -0.25) is 10.1 Å². The summed E-state index contributed by atoms with van der Waals surface area (Å²) in [5, 5.41) is 17.8. The van der Waals surface area contributed by atoms with Crippen molar-refractivity contribution >= 4 is 40.4 Å². The van der Waals surface area contributed by atoms with Crippen molar-refractivity contribution in [3.63, 3.8) is 0 Å². The van der Waals surface area contributed by atoms with Gasteiger partial charge in [0.15, 0.2) is 0 Å². The van der Waals surface area contributed by atoms with Gasteiger partial charge in [-0.05, 0) is 36.8 Å². The molecule has 0 unspecified atom stereocenters. The lowest BCUT2D eigenvalue weighted by atomic mass is 10.3. The van der Waals surface area contributed by atoms with E-state index >= 15 is 0 Å². The molecule has 3 aromatic rings. The van der Waals surface area contributed by atoms with Crippen molar-refractivity contribution in [2.45, 2.75) is 6.92 Å². The number of anilines is 4. The second kappa shape index (κ2) is 7.83. The number of nitro groups is 1. The van der Waals surface area contributed by atoms with Crippen LogP contribution in [0.3, 0.4) is 0 Å². The summed E-state index contributed by atoms with van der Waals surface area (Å²) in [4.78, 5) is 23.2. The highest BCUT2D eigenvalue weighted by molar-refractivity contribution is 6.31. The predicted octanol–water partition coefficient (Wildman–Crippen LogP) is 4.24. The van der Waals surface area contributed by atoms with Gasteiger partial charge < -0.3 is 15.4 Å². The molecule has 2 N–H and O–H groups in total. The monoisotopic (exact) mass is 386 g/mol. The quantitative estimate of drug-likeness (QED) is 0.477. The lowest BCUT2D eigenvalue weighted by Crippen LogP contribution is -2.06. The lowest BCUT2D eigenvalue weighted by molar-refractivity contribution is -0.383. The van der Waals surface area contributed by atoms with Crippen LogP contribution in [0.25, 0.3) is 0 Å². The SMILES string of the molecule is COc1ccc(Cl)cc1Nc1ncnc(Nc2ccc(C)cn2)c1[N+](=O)[O-]. The Morgan fingerprint density at radius 1 is 1.11 bits per heavy atom. The number of rotatable bonds is 6. The minimum atomic E-state index is -0.574. The van der Waals surface area contributed by atoms with E-state index in [2.05, 4.69) is 25.6 Å². The molecule has 0 radical (unpaired) electrons. The number of pyridine rings is 1. The maximum atomic E-state index is 11.7. The molecule has 9 nitrogen and oxygen atoms in total. The van der Waals surface area contributed by atoms with Crippen LogP contribution in [0.15, 0.2) is 42.9 Å². The maximum absolute atomic E-state index is 11.7. The molecule has 0 amide bonds. The Hall–Kier alpha value is -3.46. The molecular weight excluding hydrogens is 372 g/mol. The number of aryl methyl sites for hydroxylation is 1. The van der Waals surface area contributed by atoms with Crippen molar-refractivity contribution in [1.82, 2.24) is 15.0 Å². The molecule has 0 spiro atoms. The van der Waals surface area contributed by atoms with E-state index in [1.54, 1.807) is 30.5 Å². The second-order valence-electron chi connectivity index (χ2n) is 5.49. The standard InChI is InChI=1S/C17H15ClN6O3/c1-10-3-6-14(19-8-10)23-17-15(24(25)26)16(20-9-21-17)22-12-7-11(18)4-5-13(12)27-2/h3-9H,1-2H3,(H2,19,20,21,22,23). The van der Waals surface area contributed by atoms with E-state index in [0.717, 1.165) is 5.56 Å². The zero-order valence-electron chi connectivity index (χ0n) is 14.4. The van der Waals surface area contributed by atoms with E-state index in [-0.39, 0.29) is 17.3 Å². The first-order valence-electron chi connectivity index (χ1n) is 7.77. The molecule has 0 aliphatic carbocycles. The summed E-state index contributed by atoms with van der Waals surface area (Å²) in [7, 11) is 1.48. The molecule has 0 aliphatic heterocycles. The van der Waals surface area contributed by atoms with Gasteiger partial charge in [0.25, 0.3) is 0 Å². The number of hydrogen-bond donors (Lipinski definition) is 2. The van der Waals surface area contributed by atoms with Crippen molar-refractivity contribution in [2.75, 3.05) is 17.7 Å². The zero-order chi connectivity index (χ0) is 19.4. The maximum Gasteiger partial charge on any atom is 0.353 e. The van der Waals surface area contributed by atoms with Crippen molar-refractivity contribution in [1.29, 1.82) is 0 Å². The molecule has 2 heterocycles. The molecule has 0 fully saturated rings. The largest absolute Gasteiger partial charge is 0.495 e. The van der Waals surface area contributed by atoms with Crippen molar-refractivity contribution in [2.24, 2.45) is 0 Å². The molecule has 138 valence electrons. The molecule has 0 aliphatic rings. The van der Waals surface area contributed by atoms with Gasteiger partial charge in [0.1, 0.15) is 17.9 Å². The van der Waals surface area contributed by atoms with Gasteiger partial charge in [-0.2, -0.15) is 0 Å². The number of hydrogen-bond acceptors (Lipinski definition) is 8. The van der Waals surface area contributed by atoms with Crippen LogP contribution in [0.5, 0.6) is 5.75 Å². The van der Waals surface area contributed by atoms with Crippen LogP contribution in [0, 0.1) is 17.0 Å². The summed E-state index contributed by atoms with van der Waals surface area (Å²) in [5.74, 6) is 0.885. The predicted molar refractivity (Wildman–Crippen MR) is 102 cm³/mol. The summed E-state index contributed by atoms with van der Waals surface area (Å²) in [6.07, 6.45) is 2.86. The average Bonchev–Trinajstić information content (AvgIpc) is 2.64. The average molecular weight is 387 g/mol. The number of aromatic nitrogens is 3. The summed E-state index contributed by atoms with van der Waals surface area (Å²) in [6, 6.07) is 8.41. The minimum Gasteiger partial charge on any atom is -0.495 e.